The van der Waals surface area contributed by atoms with E-state index in [-0.39, 0.29) is 37.0 Å². The fourth-order valence-corrected chi connectivity index (χ4v) is 1.46. The van der Waals surface area contributed by atoms with Gasteiger partial charge in [-0.2, -0.15) is 0 Å². The Balaban J connectivity index is 2.57. The van der Waals surface area contributed by atoms with E-state index < -0.39 is 6.10 Å². The molecule has 0 N–H and O–H groups in total. The van der Waals surface area contributed by atoms with Gasteiger partial charge in [0.1, 0.15) is 19.0 Å². The lowest BCUT2D eigenvalue weighted by Gasteiger charge is -2.20. The van der Waals surface area contributed by atoms with Crippen LogP contribution in [-0.2, 0) is 19.1 Å². The standard InChI is InChI=1S/C17H24O5/c1-12(2)16(18)21-11-15(22-17(19)13(3)4)10-20-14-8-6-5-7-9-14/h5-9,12-13,15H,10-11H2,1-4H3/t15-/m0/s1. The van der Waals surface area contributed by atoms with Crippen molar-refractivity contribution in [1.29, 1.82) is 0 Å². The minimum Gasteiger partial charge on any atom is -0.490 e. The van der Waals surface area contributed by atoms with Crippen LogP contribution >= 0.6 is 0 Å². The van der Waals surface area contributed by atoms with Crippen molar-refractivity contribution < 1.29 is 23.8 Å². The Kier molecular flexibility index (Phi) is 7.43. The highest BCUT2D eigenvalue weighted by Gasteiger charge is 2.20. The molecule has 0 radical (unpaired) electrons. The zero-order chi connectivity index (χ0) is 16.5. The molecule has 122 valence electrons. The van der Waals surface area contributed by atoms with Crippen LogP contribution in [0.2, 0.25) is 0 Å². The highest BCUT2D eigenvalue weighted by atomic mass is 16.6. The average molecular weight is 308 g/mol. The Morgan fingerprint density at radius 1 is 0.909 bits per heavy atom. The largest absolute Gasteiger partial charge is 0.490 e. The summed E-state index contributed by atoms with van der Waals surface area (Å²) in [6.45, 7) is 7.11. The van der Waals surface area contributed by atoms with Gasteiger partial charge in [-0.1, -0.05) is 45.9 Å². The third kappa shape index (κ3) is 6.61. The SMILES string of the molecule is CC(C)C(=O)OC[C@H](COc1ccccc1)OC(=O)C(C)C. The van der Waals surface area contributed by atoms with Crippen molar-refractivity contribution in [2.75, 3.05) is 13.2 Å². The van der Waals surface area contributed by atoms with Gasteiger partial charge in [0.05, 0.1) is 11.8 Å². The van der Waals surface area contributed by atoms with Crippen LogP contribution in [0.25, 0.3) is 0 Å². The minimum atomic E-state index is -0.627. The molecule has 1 rings (SSSR count). The zero-order valence-electron chi connectivity index (χ0n) is 13.6. The summed E-state index contributed by atoms with van der Waals surface area (Å²) in [6, 6.07) is 9.20. The lowest BCUT2D eigenvalue weighted by Crippen LogP contribution is -2.33. The molecule has 0 aliphatic carbocycles. The minimum absolute atomic E-state index is 0.0116. The molecule has 0 saturated carbocycles. The second kappa shape index (κ2) is 9.07. The Bertz CT molecular complexity index is 467. The van der Waals surface area contributed by atoms with Crippen molar-refractivity contribution in [3.63, 3.8) is 0 Å². The molecule has 0 bridgehead atoms. The van der Waals surface area contributed by atoms with Gasteiger partial charge in [0.2, 0.25) is 0 Å². The lowest BCUT2D eigenvalue weighted by molar-refractivity contribution is -0.164. The molecule has 0 aliphatic heterocycles. The molecule has 0 spiro atoms. The topological polar surface area (TPSA) is 61.8 Å². The van der Waals surface area contributed by atoms with Crippen molar-refractivity contribution in [1.82, 2.24) is 0 Å². The van der Waals surface area contributed by atoms with Gasteiger partial charge in [-0.15, -0.1) is 0 Å². The number of rotatable bonds is 8. The van der Waals surface area contributed by atoms with Crippen molar-refractivity contribution in [2.24, 2.45) is 11.8 Å². The molecule has 5 nitrogen and oxygen atoms in total. The van der Waals surface area contributed by atoms with Gasteiger partial charge in [-0.05, 0) is 12.1 Å². The van der Waals surface area contributed by atoms with E-state index in [9.17, 15) is 9.59 Å². The quantitative estimate of drug-likeness (QED) is 0.691. The van der Waals surface area contributed by atoms with Crippen LogP contribution in [0.15, 0.2) is 30.3 Å². The Morgan fingerprint density at radius 3 is 2.05 bits per heavy atom. The number of ether oxygens (including phenoxy) is 3. The Labute approximate surface area is 131 Å². The van der Waals surface area contributed by atoms with E-state index in [0.717, 1.165) is 0 Å². The van der Waals surface area contributed by atoms with Crippen LogP contribution in [0.5, 0.6) is 5.75 Å². The molecule has 1 aromatic carbocycles. The van der Waals surface area contributed by atoms with Gasteiger partial charge in [-0.3, -0.25) is 9.59 Å². The first-order chi connectivity index (χ1) is 10.4. The second-order valence-electron chi connectivity index (χ2n) is 5.62. The number of esters is 2. The molecule has 0 aliphatic rings. The first-order valence-corrected chi connectivity index (χ1v) is 7.45. The van der Waals surface area contributed by atoms with E-state index in [1.54, 1.807) is 39.8 Å². The summed E-state index contributed by atoms with van der Waals surface area (Å²) in [5, 5.41) is 0. The molecule has 5 heteroatoms. The summed E-state index contributed by atoms with van der Waals surface area (Å²) in [5.41, 5.74) is 0. The molecule has 0 amide bonds. The van der Waals surface area contributed by atoms with Crippen LogP contribution in [0.1, 0.15) is 27.7 Å². The summed E-state index contributed by atoms with van der Waals surface area (Å²) < 4.78 is 16.0. The van der Waals surface area contributed by atoms with Crippen LogP contribution in [-0.4, -0.2) is 31.3 Å². The predicted molar refractivity (Wildman–Crippen MR) is 82.5 cm³/mol. The Morgan fingerprint density at radius 2 is 1.50 bits per heavy atom. The summed E-state index contributed by atoms with van der Waals surface area (Å²) >= 11 is 0. The van der Waals surface area contributed by atoms with Crippen LogP contribution in [0.3, 0.4) is 0 Å². The summed E-state index contributed by atoms with van der Waals surface area (Å²) in [7, 11) is 0. The van der Waals surface area contributed by atoms with E-state index >= 15 is 0 Å². The first-order valence-electron chi connectivity index (χ1n) is 7.45. The maximum absolute atomic E-state index is 11.7. The molecule has 0 aromatic heterocycles. The van der Waals surface area contributed by atoms with E-state index in [1.807, 2.05) is 18.2 Å². The summed E-state index contributed by atoms with van der Waals surface area (Å²) in [5.74, 6) is -0.479. The van der Waals surface area contributed by atoms with E-state index in [4.69, 9.17) is 14.2 Å². The van der Waals surface area contributed by atoms with E-state index in [1.165, 1.54) is 0 Å². The molecule has 0 saturated heterocycles. The molecule has 0 unspecified atom stereocenters. The third-order valence-electron chi connectivity index (χ3n) is 2.82. The number of carbonyl (C=O) groups is 2. The third-order valence-corrected chi connectivity index (χ3v) is 2.82. The van der Waals surface area contributed by atoms with Gasteiger partial charge in [0.15, 0.2) is 6.10 Å². The fourth-order valence-electron chi connectivity index (χ4n) is 1.46. The average Bonchev–Trinajstić information content (AvgIpc) is 2.50. The monoisotopic (exact) mass is 308 g/mol. The van der Waals surface area contributed by atoms with Crippen LogP contribution in [0.4, 0.5) is 0 Å². The predicted octanol–water partition coefficient (Wildman–Crippen LogP) is 2.83. The molecule has 0 heterocycles. The highest BCUT2D eigenvalue weighted by Crippen LogP contribution is 2.11. The number of para-hydroxylation sites is 1. The maximum atomic E-state index is 11.7. The van der Waals surface area contributed by atoms with E-state index in [0.29, 0.717) is 5.75 Å². The normalized spacial score (nSPS) is 12.1. The van der Waals surface area contributed by atoms with Crippen LogP contribution in [0, 0.1) is 11.8 Å². The summed E-state index contributed by atoms with van der Waals surface area (Å²) in [6.07, 6.45) is -0.627. The van der Waals surface area contributed by atoms with Crippen molar-refractivity contribution >= 4 is 11.9 Å². The molecule has 1 atom stereocenters. The van der Waals surface area contributed by atoms with Gasteiger partial charge < -0.3 is 14.2 Å². The number of carbonyl (C=O) groups excluding carboxylic acids is 2. The maximum Gasteiger partial charge on any atom is 0.308 e. The Hall–Kier alpha value is -2.04. The smallest absolute Gasteiger partial charge is 0.308 e. The highest BCUT2D eigenvalue weighted by molar-refractivity contribution is 5.72. The molecule has 0 fully saturated rings. The second-order valence-corrected chi connectivity index (χ2v) is 5.62. The van der Waals surface area contributed by atoms with Gasteiger partial charge in [0.25, 0.3) is 0 Å². The molecule has 22 heavy (non-hydrogen) atoms. The fraction of sp³-hybridized carbons (Fsp3) is 0.529. The zero-order valence-corrected chi connectivity index (χ0v) is 13.6. The molecule has 1 aromatic rings. The van der Waals surface area contributed by atoms with Gasteiger partial charge >= 0.3 is 11.9 Å². The van der Waals surface area contributed by atoms with Crippen molar-refractivity contribution in [3.8, 4) is 5.75 Å². The number of hydrogen-bond acceptors (Lipinski definition) is 5. The van der Waals surface area contributed by atoms with Gasteiger partial charge in [-0.25, -0.2) is 0 Å². The summed E-state index contributed by atoms with van der Waals surface area (Å²) in [4.78, 5) is 23.3. The molecular weight excluding hydrogens is 284 g/mol. The van der Waals surface area contributed by atoms with Crippen molar-refractivity contribution in [2.45, 2.75) is 33.8 Å². The lowest BCUT2D eigenvalue weighted by atomic mass is 10.2. The number of benzene rings is 1. The van der Waals surface area contributed by atoms with Gasteiger partial charge in [0, 0.05) is 0 Å². The van der Waals surface area contributed by atoms with Crippen LogP contribution < -0.4 is 4.74 Å². The first kappa shape index (κ1) is 18.0. The van der Waals surface area contributed by atoms with Crippen molar-refractivity contribution in [3.05, 3.63) is 30.3 Å². The van der Waals surface area contributed by atoms with E-state index in [2.05, 4.69) is 0 Å². The number of hydrogen-bond donors (Lipinski definition) is 0. The molecular formula is C17H24O5.